The SMILES string of the molecule is c1ccc(N(c2ncccn2)C2CC2)cc1. The second-order valence-electron chi connectivity index (χ2n) is 3.99. The Hall–Kier alpha value is -1.90. The first-order valence-corrected chi connectivity index (χ1v) is 5.56. The number of aromatic nitrogens is 2. The van der Waals surface area contributed by atoms with Crippen molar-refractivity contribution in [3.05, 3.63) is 48.8 Å². The highest BCUT2D eigenvalue weighted by atomic mass is 15.3. The van der Waals surface area contributed by atoms with Crippen molar-refractivity contribution in [3.63, 3.8) is 0 Å². The summed E-state index contributed by atoms with van der Waals surface area (Å²) in [4.78, 5) is 10.9. The molecule has 0 saturated heterocycles. The first kappa shape index (κ1) is 9.33. The van der Waals surface area contributed by atoms with Gasteiger partial charge in [0.05, 0.1) is 0 Å². The predicted octanol–water partition coefficient (Wildman–Crippen LogP) is 2.78. The summed E-state index contributed by atoms with van der Waals surface area (Å²) in [5.41, 5.74) is 1.18. The summed E-state index contributed by atoms with van der Waals surface area (Å²) in [7, 11) is 0. The van der Waals surface area contributed by atoms with Gasteiger partial charge in [0, 0.05) is 24.1 Å². The Morgan fingerprint density at radius 2 is 1.62 bits per heavy atom. The third-order valence-corrected chi connectivity index (χ3v) is 2.71. The van der Waals surface area contributed by atoms with Gasteiger partial charge in [0.15, 0.2) is 0 Å². The molecule has 1 aliphatic rings. The lowest BCUT2D eigenvalue weighted by atomic mass is 10.3. The van der Waals surface area contributed by atoms with Crippen LogP contribution in [0.2, 0.25) is 0 Å². The third-order valence-electron chi connectivity index (χ3n) is 2.71. The van der Waals surface area contributed by atoms with E-state index in [0.29, 0.717) is 6.04 Å². The van der Waals surface area contributed by atoms with Crippen molar-refractivity contribution in [2.75, 3.05) is 4.90 Å². The van der Waals surface area contributed by atoms with Crippen LogP contribution in [-0.4, -0.2) is 16.0 Å². The summed E-state index contributed by atoms with van der Waals surface area (Å²) >= 11 is 0. The zero-order valence-electron chi connectivity index (χ0n) is 8.95. The Balaban J connectivity index is 1.99. The van der Waals surface area contributed by atoms with E-state index in [2.05, 4.69) is 27.0 Å². The number of nitrogens with zero attached hydrogens (tertiary/aromatic N) is 3. The minimum atomic E-state index is 0.574. The van der Waals surface area contributed by atoms with Gasteiger partial charge in [0.25, 0.3) is 0 Å². The molecular weight excluding hydrogens is 198 g/mol. The molecule has 0 aliphatic heterocycles. The molecule has 0 unspecified atom stereocenters. The summed E-state index contributed by atoms with van der Waals surface area (Å²) in [6.45, 7) is 0. The average Bonchev–Trinajstić information content (AvgIpc) is 3.17. The van der Waals surface area contributed by atoms with E-state index in [-0.39, 0.29) is 0 Å². The Morgan fingerprint density at radius 1 is 0.938 bits per heavy atom. The molecule has 1 fully saturated rings. The number of benzene rings is 1. The van der Waals surface area contributed by atoms with Gasteiger partial charge in [-0.3, -0.25) is 0 Å². The van der Waals surface area contributed by atoms with Crippen LogP contribution in [0.4, 0.5) is 11.6 Å². The first-order chi connectivity index (χ1) is 7.95. The molecule has 1 aliphatic carbocycles. The van der Waals surface area contributed by atoms with Gasteiger partial charge < -0.3 is 4.90 Å². The van der Waals surface area contributed by atoms with Crippen LogP contribution in [-0.2, 0) is 0 Å². The van der Waals surface area contributed by atoms with E-state index in [1.165, 1.54) is 18.5 Å². The van der Waals surface area contributed by atoms with Crippen LogP contribution in [0.5, 0.6) is 0 Å². The molecule has 0 spiro atoms. The average molecular weight is 211 g/mol. The molecule has 0 radical (unpaired) electrons. The standard InChI is InChI=1S/C13H13N3/c1-2-5-11(6-3-1)16(12-7-8-12)13-14-9-4-10-15-13/h1-6,9-10,12H,7-8H2. The van der Waals surface area contributed by atoms with E-state index in [9.17, 15) is 0 Å². The van der Waals surface area contributed by atoms with Crippen LogP contribution in [0.25, 0.3) is 0 Å². The lowest BCUT2D eigenvalue weighted by molar-refractivity contribution is 0.906. The topological polar surface area (TPSA) is 29.0 Å². The molecule has 0 N–H and O–H groups in total. The minimum absolute atomic E-state index is 0.574. The number of hydrogen-bond donors (Lipinski definition) is 0. The fourth-order valence-corrected chi connectivity index (χ4v) is 1.83. The Morgan fingerprint density at radius 3 is 2.25 bits per heavy atom. The molecule has 1 aromatic carbocycles. The van der Waals surface area contributed by atoms with Gasteiger partial charge in [0.2, 0.25) is 5.95 Å². The van der Waals surface area contributed by atoms with E-state index >= 15 is 0 Å². The summed E-state index contributed by atoms with van der Waals surface area (Å²) in [5.74, 6) is 0.802. The van der Waals surface area contributed by atoms with Crippen LogP contribution in [0.1, 0.15) is 12.8 Å². The van der Waals surface area contributed by atoms with Crippen molar-refractivity contribution >= 4 is 11.6 Å². The van der Waals surface area contributed by atoms with Crippen LogP contribution >= 0.6 is 0 Å². The lowest BCUT2D eigenvalue weighted by Gasteiger charge is -2.21. The number of para-hydroxylation sites is 1. The first-order valence-electron chi connectivity index (χ1n) is 5.56. The maximum Gasteiger partial charge on any atom is 0.230 e. The molecule has 1 saturated carbocycles. The highest BCUT2D eigenvalue weighted by Gasteiger charge is 2.31. The van der Waals surface area contributed by atoms with Crippen LogP contribution in [0.15, 0.2) is 48.8 Å². The van der Waals surface area contributed by atoms with Gasteiger partial charge >= 0.3 is 0 Å². The van der Waals surface area contributed by atoms with Gasteiger partial charge in [0.1, 0.15) is 0 Å². The summed E-state index contributed by atoms with van der Waals surface area (Å²) in [6.07, 6.45) is 6.04. The van der Waals surface area contributed by atoms with Crippen molar-refractivity contribution in [2.45, 2.75) is 18.9 Å². The molecule has 0 atom stereocenters. The molecular formula is C13H13N3. The summed E-state index contributed by atoms with van der Waals surface area (Å²) in [5, 5.41) is 0. The highest BCUT2D eigenvalue weighted by molar-refractivity contribution is 5.58. The maximum atomic E-state index is 4.33. The maximum absolute atomic E-state index is 4.33. The van der Waals surface area contributed by atoms with Gasteiger partial charge in [-0.2, -0.15) is 0 Å². The highest BCUT2D eigenvalue weighted by Crippen LogP contribution is 2.35. The van der Waals surface area contributed by atoms with E-state index in [1.807, 2.05) is 24.3 Å². The zero-order chi connectivity index (χ0) is 10.8. The smallest absolute Gasteiger partial charge is 0.230 e. The Labute approximate surface area is 94.8 Å². The second-order valence-corrected chi connectivity index (χ2v) is 3.99. The molecule has 3 rings (SSSR count). The molecule has 3 heteroatoms. The third kappa shape index (κ3) is 1.76. The van der Waals surface area contributed by atoms with E-state index in [0.717, 1.165) is 5.95 Å². The van der Waals surface area contributed by atoms with Crippen LogP contribution in [0.3, 0.4) is 0 Å². The van der Waals surface area contributed by atoms with Crippen LogP contribution < -0.4 is 4.90 Å². The molecule has 1 aromatic heterocycles. The normalized spacial score (nSPS) is 14.8. The fraction of sp³-hybridized carbons (Fsp3) is 0.231. The number of hydrogen-bond acceptors (Lipinski definition) is 3. The molecule has 2 aromatic rings. The largest absolute Gasteiger partial charge is 0.307 e. The quantitative estimate of drug-likeness (QED) is 0.781. The predicted molar refractivity (Wildman–Crippen MR) is 63.6 cm³/mol. The van der Waals surface area contributed by atoms with Crippen molar-refractivity contribution in [3.8, 4) is 0 Å². The molecule has 0 amide bonds. The fourth-order valence-electron chi connectivity index (χ4n) is 1.83. The second kappa shape index (κ2) is 3.93. The minimum Gasteiger partial charge on any atom is -0.307 e. The zero-order valence-corrected chi connectivity index (χ0v) is 8.95. The van der Waals surface area contributed by atoms with E-state index in [1.54, 1.807) is 12.4 Å². The monoisotopic (exact) mass is 211 g/mol. The summed E-state index contributed by atoms with van der Waals surface area (Å²) in [6, 6.07) is 12.8. The van der Waals surface area contributed by atoms with Gasteiger partial charge in [-0.25, -0.2) is 9.97 Å². The molecule has 3 nitrogen and oxygen atoms in total. The van der Waals surface area contributed by atoms with Gasteiger partial charge in [-0.1, -0.05) is 18.2 Å². The van der Waals surface area contributed by atoms with Gasteiger partial charge in [-0.05, 0) is 31.0 Å². The van der Waals surface area contributed by atoms with Gasteiger partial charge in [-0.15, -0.1) is 0 Å². The van der Waals surface area contributed by atoms with Crippen molar-refractivity contribution < 1.29 is 0 Å². The Bertz CT molecular complexity index is 412. The number of rotatable bonds is 3. The molecule has 16 heavy (non-hydrogen) atoms. The number of anilines is 2. The summed E-state index contributed by atoms with van der Waals surface area (Å²) < 4.78 is 0. The molecule has 1 heterocycles. The van der Waals surface area contributed by atoms with E-state index in [4.69, 9.17) is 0 Å². The lowest BCUT2D eigenvalue weighted by Crippen LogP contribution is -2.21. The Kier molecular flexibility index (Phi) is 2.29. The van der Waals surface area contributed by atoms with Crippen molar-refractivity contribution in [1.82, 2.24) is 9.97 Å². The van der Waals surface area contributed by atoms with Crippen molar-refractivity contribution in [2.24, 2.45) is 0 Å². The molecule has 80 valence electrons. The van der Waals surface area contributed by atoms with E-state index < -0.39 is 0 Å². The molecule has 0 bridgehead atoms. The van der Waals surface area contributed by atoms with Crippen LogP contribution in [0, 0.1) is 0 Å². The van der Waals surface area contributed by atoms with Crippen molar-refractivity contribution in [1.29, 1.82) is 0 Å².